The molecule has 1 aromatic carbocycles. The highest BCUT2D eigenvalue weighted by Gasteiger charge is 2.59. The minimum Gasteiger partial charge on any atom is -0.484 e. The second kappa shape index (κ2) is 6.67. The number of ether oxygens (including phenoxy) is 1. The fourth-order valence-electron chi connectivity index (χ4n) is 2.89. The maximum Gasteiger partial charge on any atom is 0.330 e. The molecule has 9 heteroatoms. The van der Waals surface area contributed by atoms with Crippen LogP contribution in [0.2, 0.25) is 0 Å². The Kier molecular flexibility index (Phi) is 4.58. The minimum absolute atomic E-state index is 0.0156. The quantitative estimate of drug-likeness (QED) is 0.537. The second-order valence-corrected chi connectivity index (χ2v) is 7.24. The van der Waals surface area contributed by atoms with E-state index in [2.05, 4.69) is 11.9 Å². The Morgan fingerprint density at radius 1 is 1.36 bits per heavy atom. The largest absolute Gasteiger partial charge is 0.484 e. The van der Waals surface area contributed by atoms with Gasteiger partial charge in [-0.05, 0) is 17.7 Å². The van der Waals surface area contributed by atoms with Crippen molar-refractivity contribution < 1.29 is 28.4 Å². The van der Waals surface area contributed by atoms with E-state index < -0.39 is 46.0 Å². The molecule has 1 unspecified atom stereocenters. The Morgan fingerprint density at radius 3 is 2.68 bits per heavy atom. The summed E-state index contributed by atoms with van der Waals surface area (Å²) in [6.07, 6.45) is 0. The molecule has 2 amide bonds. The Balaban J connectivity index is 1.63. The summed E-state index contributed by atoms with van der Waals surface area (Å²) in [5.41, 5.74) is 0.215. The first-order valence-electron chi connectivity index (χ1n) is 7.47. The third kappa shape index (κ3) is 3.14. The van der Waals surface area contributed by atoms with Crippen LogP contribution < -0.4 is 10.1 Å². The molecule has 0 bridgehead atoms. The average Bonchev–Trinajstić information content (AvgIpc) is 2.58. The predicted molar refractivity (Wildman–Crippen MR) is 88.1 cm³/mol. The number of β-lactam (4-membered cyclic amide) rings is 1. The first-order valence-corrected chi connectivity index (χ1v) is 8.85. The topological polar surface area (TPSA) is 113 Å². The third-order valence-electron chi connectivity index (χ3n) is 4.01. The number of rotatable bonds is 5. The lowest BCUT2D eigenvalue weighted by Crippen LogP contribution is -2.77. The van der Waals surface area contributed by atoms with Gasteiger partial charge in [-0.15, -0.1) is 0 Å². The van der Waals surface area contributed by atoms with Gasteiger partial charge in [-0.25, -0.2) is 4.79 Å². The Morgan fingerprint density at radius 2 is 2.04 bits per heavy atom. The SMILES string of the molecule is C=C1CS(=O)[C@@H]2[C@H](NC(=O)COc3ccccc3)C(=O)N2[C@H]1C(=O)O. The van der Waals surface area contributed by atoms with Crippen LogP contribution in [0.4, 0.5) is 0 Å². The molecule has 2 fully saturated rings. The molecule has 0 spiro atoms. The number of carbonyl (C=O) groups excluding carboxylic acids is 2. The number of carboxylic acid groups (broad SMARTS) is 1. The molecule has 0 aliphatic carbocycles. The van der Waals surface area contributed by atoms with Crippen molar-refractivity contribution >= 4 is 28.6 Å². The molecule has 2 aliphatic rings. The number of carboxylic acids is 1. The molecule has 4 atom stereocenters. The van der Waals surface area contributed by atoms with Crippen molar-refractivity contribution in [2.24, 2.45) is 0 Å². The van der Waals surface area contributed by atoms with Crippen LogP contribution in [-0.2, 0) is 25.2 Å². The summed E-state index contributed by atoms with van der Waals surface area (Å²) >= 11 is 0. The lowest BCUT2D eigenvalue weighted by atomic mass is 9.98. The van der Waals surface area contributed by atoms with Crippen molar-refractivity contribution in [2.75, 3.05) is 12.4 Å². The van der Waals surface area contributed by atoms with Gasteiger partial charge >= 0.3 is 5.97 Å². The monoisotopic (exact) mass is 364 g/mol. The molecular weight excluding hydrogens is 348 g/mol. The van der Waals surface area contributed by atoms with E-state index >= 15 is 0 Å². The Hall–Kier alpha value is -2.68. The van der Waals surface area contributed by atoms with Crippen molar-refractivity contribution in [3.05, 3.63) is 42.5 Å². The summed E-state index contributed by atoms with van der Waals surface area (Å²) in [6.45, 7) is 3.29. The van der Waals surface area contributed by atoms with Gasteiger partial charge in [0.05, 0.1) is 10.8 Å². The van der Waals surface area contributed by atoms with Gasteiger partial charge in [0.15, 0.2) is 12.6 Å². The molecule has 3 rings (SSSR count). The maximum absolute atomic E-state index is 12.2. The van der Waals surface area contributed by atoms with Crippen molar-refractivity contribution in [3.8, 4) is 5.75 Å². The molecule has 0 saturated carbocycles. The number of aliphatic carboxylic acids is 1. The number of nitrogens with zero attached hydrogens (tertiary/aromatic N) is 1. The number of hydrogen-bond acceptors (Lipinski definition) is 5. The Labute approximate surface area is 145 Å². The highest BCUT2D eigenvalue weighted by atomic mass is 32.2. The van der Waals surface area contributed by atoms with E-state index in [4.69, 9.17) is 4.74 Å². The molecule has 2 heterocycles. The van der Waals surface area contributed by atoms with Crippen LogP contribution in [0.5, 0.6) is 5.75 Å². The number of carbonyl (C=O) groups is 3. The summed E-state index contributed by atoms with van der Waals surface area (Å²) in [4.78, 5) is 36.6. The number of fused-ring (bicyclic) bond motifs is 1. The molecule has 2 saturated heterocycles. The lowest BCUT2D eigenvalue weighted by molar-refractivity contribution is -0.160. The fraction of sp³-hybridized carbons (Fsp3) is 0.312. The van der Waals surface area contributed by atoms with Gasteiger partial charge in [0, 0.05) is 5.75 Å². The van der Waals surface area contributed by atoms with Crippen molar-refractivity contribution in [2.45, 2.75) is 17.5 Å². The van der Waals surface area contributed by atoms with Crippen LogP contribution in [-0.4, -0.2) is 61.8 Å². The molecule has 0 aromatic heterocycles. The molecule has 132 valence electrons. The van der Waals surface area contributed by atoms with Gasteiger partial charge < -0.3 is 20.1 Å². The lowest BCUT2D eigenvalue weighted by Gasteiger charge is -2.51. The molecule has 8 nitrogen and oxygen atoms in total. The van der Waals surface area contributed by atoms with E-state index in [1.165, 1.54) is 0 Å². The van der Waals surface area contributed by atoms with E-state index in [-0.39, 0.29) is 17.9 Å². The van der Waals surface area contributed by atoms with E-state index in [1.807, 2.05) is 0 Å². The van der Waals surface area contributed by atoms with Crippen LogP contribution >= 0.6 is 0 Å². The summed E-state index contributed by atoms with van der Waals surface area (Å²) in [5, 5.41) is 10.9. The van der Waals surface area contributed by atoms with E-state index in [0.717, 1.165) is 4.90 Å². The van der Waals surface area contributed by atoms with Crippen LogP contribution in [0.1, 0.15) is 0 Å². The maximum atomic E-state index is 12.2. The van der Waals surface area contributed by atoms with Gasteiger partial charge in [0.25, 0.3) is 5.91 Å². The van der Waals surface area contributed by atoms with Crippen LogP contribution in [0.25, 0.3) is 0 Å². The molecule has 1 aromatic rings. The third-order valence-corrected chi connectivity index (χ3v) is 5.70. The van der Waals surface area contributed by atoms with Gasteiger partial charge in [-0.1, -0.05) is 24.8 Å². The molecule has 2 aliphatic heterocycles. The zero-order valence-corrected chi connectivity index (χ0v) is 13.9. The highest BCUT2D eigenvalue weighted by Crippen LogP contribution is 2.34. The predicted octanol–water partition coefficient (Wildman–Crippen LogP) is -0.510. The van der Waals surface area contributed by atoms with Gasteiger partial charge in [-0.3, -0.25) is 13.8 Å². The zero-order chi connectivity index (χ0) is 18.1. The van der Waals surface area contributed by atoms with Crippen molar-refractivity contribution in [3.63, 3.8) is 0 Å². The van der Waals surface area contributed by atoms with Gasteiger partial charge in [0.1, 0.15) is 17.2 Å². The minimum atomic E-state index is -1.52. The smallest absolute Gasteiger partial charge is 0.330 e. The number of benzene rings is 1. The van der Waals surface area contributed by atoms with Crippen molar-refractivity contribution in [1.29, 1.82) is 0 Å². The van der Waals surface area contributed by atoms with Crippen LogP contribution in [0, 0.1) is 0 Å². The Bertz CT molecular complexity index is 765. The number of para-hydroxylation sites is 1. The second-order valence-electron chi connectivity index (χ2n) is 5.71. The number of amides is 2. The normalized spacial score (nSPS) is 27.9. The summed E-state index contributed by atoms with van der Waals surface area (Å²) < 4.78 is 17.5. The number of nitrogens with one attached hydrogen (secondary N) is 1. The molecule has 0 radical (unpaired) electrons. The summed E-state index contributed by atoms with van der Waals surface area (Å²) in [7, 11) is -1.52. The molecule has 25 heavy (non-hydrogen) atoms. The van der Waals surface area contributed by atoms with Crippen LogP contribution in [0.3, 0.4) is 0 Å². The zero-order valence-electron chi connectivity index (χ0n) is 13.1. The molecular formula is C16H16N2O6S. The summed E-state index contributed by atoms with van der Waals surface area (Å²) in [5.74, 6) is -1.87. The highest BCUT2D eigenvalue weighted by molar-refractivity contribution is 7.86. The van der Waals surface area contributed by atoms with Gasteiger partial charge in [-0.2, -0.15) is 0 Å². The number of hydrogen-bond donors (Lipinski definition) is 2. The van der Waals surface area contributed by atoms with Crippen molar-refractivity contribution in [1.82, 2.24) is 10.2 Å². The first-order chi connectivity index (χ1) is 11.9. The summed E-state index contributed by atoms with van der Waals surface area (Å²) in [6, 6.07) is 6.46. The van der Waals surface area contributed by atoms with E-state index in [1.54, 1.807) is 30.3 Å². The van der Waals surface area contributed by atoms with E-state index in [9.17, 15) is 23.7 Å². The first kappa shape index (κ1) is 17.2. The van der Waals surface area contributed by atoms with Crippen LogP contribution in [0.15, 0.2) is 42.5 Å². The average molecular weight is 364 g/mol. The fourth-order valence-corrected chi connectivity index (χ4v) is 4.55. The van der Waals surface area contributed by atoms with Gasteiger partial charge in [0.2, 0.25) is 5.91 Å². The van der Waals surface area contributed by atoms with E-state index in [0.29, 0.717) is 5.75 Å². The molecule has 2 N–H and O–H groups in total. The standard InChI is InChI=1S/C16H16N2O6S/c1-9-8-25(23)15-12(14(20)18(15)13(9)16(21)22)17-11(19)7-24-10-5-3-2-4-6-10/h2-6,12-13,15H,1,7-8H2,(H,17,19)(H,21,22)/t12-,13-,15-,25?/m1/s1.